The summed E-state index contributed by atoms with van der Waals surface area (Å²) >= 11 is 0. The van der Waals surface area contributed by atoms with Crippen LogP contribution in [0.4, 0.5) is 0 Å². The molecule has 1 aromatic heterocycles. The monoisotopic (exact) mass is 317 g/mol. The van der Waals surface area contributed by atoms with Gasteiger partial charge in [0.2, 0.25) is 0 Å². The van der Waals surface area contributed by atoms with Crippen LogP contribution in [0.25, 0.3) is 22.7 Å². The van der Waals surface area contributed by atoms with Crippen molar-refractivity contribution in [2.24, 2.45) is 7.05 Å². The van der Waals surface area contributed by atoms with Gasteiger partial charge >= 0.3 is 0 Å². The molecule has 2 aromatic carbocycles. The SMILES string of the molecule is CC(C)Oc1cccc(/C=C(/C#N)c2nc3ccccc3n2C)c1. The van der Waals surface area contributed by atoms with E-state index in [-0.39, 0.29) is 6.10 Å². The van der Waals surface area contributed by atoms with Gasteiger partial charge in [0, 0.05) is 7.05 Å². The molecule has 1 heterocycles. The average molecular weight is 317 g/mol. The zero-order chi connectivity index (χ0) is 17.1. The van der Waals surface area contributed by atoms with Crippen LogP contribution in [0.2, 0.25) is 0 Å². The lowest BCUT2D eigenvalue weighted by atomic mass is 10.1. The Balaban J connectivity index is 2.03. The highest BCUT2D eigenvalue weighted by Crippen LogP contribution is 2.23. The van der Waals surface area contributed by atoms with Crippen molar-refractivity contribution < 1.29 is 4.74 Å². The van der Waals surface area contributed by atoms with Crippen LogP contribution in [0.1, 0.15) is 25.2 Å². The molecule has 0 fully saturated rings. The van der Waals surface area contributed by atoms with Crippen LogP contribution in [0.3, 0.4) is 0 Å². The third-order valence-electron chi connectivity index (χ3n) is 3.69. The lowest BCUT2D eigenvalue weighted by molar-refractivity contribution is 0.242. The van der Waals surface area contributed by atoms with Gasteiger partial charge in [0.05, 0.1) is 22.7 Å². The molecule has 0 amide bonds. The van der Waals surface area contributed by atoms with Crippen LogP contribution in [0.5, 0.6) is 5.75 Å². The first-order valence-electron chi connectivity index (χ1n) is 7.89. The fourth-order valence-corrected chi connectivity index (χ4v) is 2.65. The molecular weight excluding hydrogens is 298 g/mol. The Morgan fingerprint density at radius 1 is 1.21 bits per heavy atom. The van der Waals surface area contributed by atoms with E-state index in [0.717, 1.165) is 22.3 Å². The van der Waals surface area contributed by atoms with Gasteiger partial charge < -0.3 is 9.30 Å². The van der Waals surface area contributed by atoms with Crippen LogP contribution in [-0.2, 0) is 7.05 Å². The molecule has 0 N–H and O–H groups in total. The maximum Gasteiger partial charge on any atom is 0.151 e. The van der Waals surface area contributed by atoms with Gasteiger partial charge in [-0.3, -0.25) is 0 Å². The van der Waals surface area contributed by atoms with E-state index >= 15 is 0 Å². The summed E-state index contributed by atoms with van der Waals surface area (Å²) in [6.45, 7) is 3.98. The average Bonchev–Trinajstić information content (AvgIpc) is 2.90. The summed E-state index contributed by atoms with van der Waals surface area (Å²) in [5.74, 6) is 1.45. The predicted octanol–water partition coefficient (Wildman–Crippen LogP) is 4.42. The van der Waals surface area contributed by atoms with Gasteiger partial charge in [-0.05, 0) is 49.8 Å². The zero-order valence-corrected chi connectivity index (χ0v) is 14.0. The third kappa shape index (κ3) is 3.16. The van der Waals surface area contributed by atoms with Gasteiger partial charge in [-0.2, -0.15) is 5.26 Å². The number of nitriles is 1. The van der Waals surface area contributed by atoms with Crippen molar-refractivity contribution >= 4 is 22.7 Å². The second kappa shape index (κ2) is 6.59. The number of rotatable bonds is 4. The minimum Gasteiger partial charge on any atom is -0.491 e. The second-order valence-electron chi connectivity index (χ2n) is 5.89. The first kappa shape index (κ1) is 15.8. The topological polar surface area (TPSA) is 50.8 Å². The van der Waals surface area contributed by atoms with Crippen molar-refractivity contribution in [1.82, 2.24) is 9.55 Å². The molecular formula is C20H19N3O. The van der Waals surface area contributed by atoms with Crippen molar-refractivity contribution in [3.05, 3.63) is 59.9 Å². The molecule has 3 aromatic rings. The Morgan fingerprint density at radius 2 is 2.00 bits per heavy atom. The van der Waals surface area contributed by atoms with E-state index in [9.17, 15) is 5.26 Å². The Bertz CT molecular complexity index is 945. The molecule has 24 heavy (non-hydrogen) atoms. The fourth-order valence-electron chi connectivity index (χ4n) is 2.65. The van der Waals surface area contributed by atoms with Crippen LogP contribution in [0, 0.1) is 11.3 Å². The van der Waals surface area contributed by atoms with E-state index < -0.39 is 0 Å². The van der Waals surface area contributed by atoms with Gasteiger partial charge in [0.15, 0.2) is 5.82 Å². The summed E-state index contributed by atoms with van der Waals surface area (Å²) in [6, 6.07) is 17.8. The van der Waals surface area contributed by atoms with E-state index in [0.29, 0.717) is 11.4 Å². The number of imidazole rings is 1. The summed E-state index contributed by atoms with van der Waals surface area (Å²) in [6.07, 6.45) is 1.95. The Kier molecular flexibility index (Phi) is 4.35. The molecule has 0 spiro atoms. The molecule has 4 heteroatoms. The standard InChI is InChI=1S/C20H19N3O/c1-14(2)24-17-8-6-7-15(12-17)11-16(13-21)20-22-18-9-4-5-10-19(18)23(20)3/h4-12,14H,1-3H3/b16-11-. The van der Waals surface area contributed by atoms with Crippen molar-refractivity contribution in [3.8, 4) is 11.8 Å². The molecule has 0 unspecified atom stereocenters. The van der Waals surface area contributed by atoms with Crippen molar-refractivity contribution in [2.45, 2.75) is 20.0 Å². The molecule has 4 nitrogen and oxygen atoms in total. The second-order valence-corrected chi connectivity index (χ2v) is 5.89. The number of aromatic nitrogens is 2. The quantitative estimate of drug-likeness (QED) is 0.669. The molecule has 0 aliphatic carbocycles. The Labute approximate surface area is 141 Å². The summed E-state index contributed by atoms with van der Waals surface area (Å²) in [5, 5.41) is 9.60. The van der Waals surface area contributed by atoms with Gasteiger partial charge in [-0.15, -0.1) is 0 Å². The van der Waals surface area contributed by atoms with Crippen molar-refractivity contribution in [3.63, 3.8) is 0 Å². The maximum atomic E-state index is 9.60. The summed E-state index contributed by atoms with van der Waals surface area (Å²) in [5.41, 5.74) is 3.32. The molecule has 0 radical (unpaired) electrons. The van der Waals surface area contributed by atoms with Crippen molar-refractivity contribution in [1.29, 1.82) is 5.26 Å². The lowest BCUT2D eigenvalue weighted by Gasteiger charge is -2.10. The predicted molar refractivity (Wildman–Crippen MR) is 96.4 cm³/mol. The minimum absolute atomic E-state index is 0.111. The highest BCUT2D eigenvalue weighted by atomic mass is 16.5. The number of ether oxygens (including phenoxy) is 1. The third-order valence-corrected chi connectivity index (χ3v) is 3.69. The number of nitrogens with zero attached hydrogens (tertiary/aromatic N) is 3. The minimum atomic E-state index is 0.111. The Hall–Kier alpha value is -3.06. The number of hydrogen-bond donors (Lipinski definition) is 0. The van der Waals surface area contributed by atoms with Crippen molar-refractivity contribution in [2.75, 3.05) is 0 Å². The lowest BCUT2D eigenvalue weighted by Crippen LogP contribution is -2.05. The number of para-hydroxylation sites is 2. The van der Waals surface area contributed by atoms with E-state index in [2.05, 4.69) is 11.1 Å². The largest absolute Gasteiger partial charge is 0.491 e. The van der Waals surface area contributed by atoms with Gasteiger partial charge in [0.1, 0.15) is 11.8 Å². The zero-order valence-electron chi connectivity index (χ0n) is 14.0. The first-order chi connectivity index (χ1) is 11.6. The molecule has 0 saturated heterocycles. The highest BCUT2D eigenvalue weighted by Gasteiger charge is 2.12. The number of hydrogen-bond acceptors (Lipinski definition) is 3. The summed E-state index contributed by atoms with van der Waals surface area (Å²) < 4.78 is 7.66. The smallest absolute Gasteiger partial charge is 0.151 e. The summed E-state index contributed by atoms with van der Waals surface area (Å²) in [4.78, 5) is 4.59. The van der Waals surface area contributed by atoms with E-state index in [1.807, 2.05) is 80.1 Å². The first-order valence-corrected chi connectivity index (χ1v) is 7.89. The molecule has 0 atom stereocenters. The maximum absolute atomic E-state index is 9.60. The van der Waals surface area contributed by atoms with Crippen LogP contribution >= 0.6 is 0 Å². The van der Waals surface area contributed by atoms with E-state index in [4.69, 9.17) is 4.74 Å². The molecule has 120 valence electrons. The number of fused-ring (bicyclic) bond motifs is 1. The van der Waals surface area contributed by atoms with Crippen LogP contribution in [0.15, 0.2) is 48.5 Å². The molecule has 0 aliphatic heterocycles. The number of allylic oxidation sites excluding steroid dienone is 1. The number of aryl methyl sites for hydroxylation is 1. The molecule has 0 aliphatic rings. The van der Waals surface area contributed by atoms with Gasteiger partial charge in [-0.1, -0.05) is 24.3 Å². The van der Waals surface area contributed by atoms with Gasteiger partial charge in [-0.25, -0.2) is 4.98 Å². The molecule has 0 bridgehead atoms. The van der Waals surface area contributed by atoms with E-state index in [1.54, 1.807) is 0 Å². The molecule has 0 saturated carbocycles. The van der Waals surface area contributed by atoms with E-state index in [1.165, 1.54) is 0 Å². The Morgan fingerprint density at radius 3 is 2.71 bits per heavy atom. The normalized spacial score (nSPS) is 11.7. The summed E-state index contributed by atoms with van der Waals surface area (Å²) in [7, 11) is 1.92. The van der Waals surface area contributed by atoms with Crippen LogP contribution in [-0.4, -0.2) is 15.7 Å². The highest BCUT2D eigenvalue weighted by molar-refractivity contribution is 5.90. The van der Waals surface area contributed by atoms with Gasteiger partial charge in [0.25, 0.3) is 0 Å². The van der Waals surface area contributed by atoms with Crippen LogP contribution < -0.4 is 4.74 Å². The number of benzene rings is 2. The fraction of sp³-hybridized carbons (Fsp3) is 0.200. The molecule has 3 rings (SSSR count).